The van der Waals surface area contributed by atoms with Gasteiger partial charge in [-0.3, -0.25) is 0 Å². The molecule has 0 aliphatic carbocycles. The molecule has 0 unspecified atom stereocenters. The van der Waals surface area contributed by atoms with Crippen LogP contribution in [0.2, 0.25) is 0 Å². The van der Waals surface area contributed by atoms with Crippen molar-refractivity contribution in [1.82, 2.24) is 10.2 Å². The van der Waals surface area contributed by atoms with E-state index in [0.717, 1.165) is 19.5 Å². The number of carboxylic acid groups (broad SMARTS) is 1. The third-order valence-electron chi connectivity index (χ3n) is 2.89. The zero-order valence-corrected chi connectivity index (χ0v) is 11.5. The van der Waals surface area contributed by atoms with E-state index in [4.69, 9.17) is 5.11 Å². The standard InChI is InChI=1S/C13H26N2O2/c1-5-12(13(16)17)7-9-14-8-6-10-15(4)11(2)3/h7,11,14H,5-6,8-10H2,1-4H3,(H,16,17). The predicted octanol–water partition coefficient (Wildman–Crippen LogP) is 1.73. The van der Waals surface area contributed by atoms with Gasteiger partial charge in [0.25, 0.3) is 0 Å². The number of hydrogen-bond donors (Lipinski definition) is 2. The molecular weight excluding hydrogens is 216 g/mol. The van der Waals surface area contributed by atoms with Crippen molar-refractivity contribution in [1.29, 1.82) is 0 Å². The van der Waals surface area contributed by atoms with Crippen LogP contribution in [0.25, 0.3) is 0 Å². The van der Waals surface area contributed by atoms with Crippen molar-refractivity contribution < 1.29 is 9.90 Å². The molecular formula is C13H26N2O2. The van der Waals surface area contributed by atoms with Crippen LogP contribution in [-0.2, 0) is 4.79 Å². The molecule has 0 saturated carbocycles. The number of carboxylic acids is 1. The number of aliphatic carboxylic acids is 1. The molecule has 0 fully saturated rings. The van der Waals surface area contributed by atoms with Gasteiger partial charge in [0.2, 0.25) is 0 Å². The molecule has 0 aromatic heterocycles. The van der Waals surface area contributed by atoms with Crippen LogP contribution in [-0.4, -0.2) is 48.7 Å². The molecule has 2 N–H and O–H groups in total. The number of nitrogens with one attached hydrogen (secondary N) is 1. The molecule has 0 atom stereocenters. The fraction of sp³-hybridized carbons (Fsp3) is 0.769. The smallest absolute Gasteiger partial charge is 0.331 e. The first-order chi connectivity index (χ1) is 7.99. The van der Waals surface area contributed by atoms with Crippen molar-refractivity contribution in [2.75, 3.05) is 26.7 Å². The maximum absolute atomic E-state index is 10.7. The fourth-order valence-corrected chi connectivity index (χ4v) is 1.39. The number of carbonyl (C=O) groups is 1. The van der Waals surface area contributed by atoms with Crippen LogP contribution in [0.1, 0.15) is 33.6 Å². The summed E-state index contributed by atoms with van der Waals surface area (Å²) in [6.07, 6.45) is 3.42. The van der Waals surface area contributed by atoms with Crippen molar-refractivity contribution >= 4 is 5.97 Å². The van der Waals surface area contributed by atoms with Gasteiger partial charge in [0, 0.05) is 18.2 Å². The minimum absolute atomic E-state index is 0.483. The summed E-state index contributed by atoms with van der Waals surface area (Å²) in [6.45, 7) is 8.84. The second kappa shape index (κ2) is 9.19. The van der Waals surface area contributed by atoms with Crippen LogP contribution in [0.4, 0.5) is 0 Å². The Kier molecular flexibility index (Phi) is 8.72. The van der Waals surface area contributed by atoms with E-state index in [1.54, 1.807) is 6.08 Å². The second-order valence-corrected chi connectivity index (χ2v) is 4.52. The molecule has 0 aromatic rings. The third-order valence-corrected chi connectivity index (χ3v) is 2.89. The van der Waals surface area contributed by atoms with Crippen molar-refractivity contribution in [3.8, 4) is 0 Å². The van der Waals surface area contributed by atoms with E-state index < -0.39 is 5.97 Å². The van der Waals surface area contributed by atoms with Gasteiger partial charge < -0.3 is 15.3 Å². The lowest BCUT2D eigenvalue weighted by Crippen LogP contribution is -2.29. The SMILES string of the molecule is CCC(=CCNCCCN(C)C(C)C)C(=O)O. The lowest BCUT2D eigenvalue weighted by Gasteiger charge is -2.20. The Bertz CT molecular complexity index is 250. The van der Waals surface area contributed by atoms with Crippen LogP contribution in [0, 0.1) is 0 Å². The molecule has 100 valence electrons. The second-order valence-electron chi connectivity index (χ2n) is 4.52. The Morgan fingerprint density at radius 2 is 2.12 bits per heavy atom. The minimum Gasteiger partial charge on any atom is -0.478 e. The summed E-state index contributed by atoms with van der Waals surface area (Å²) in [5, 5.41) is 12.0. The van der Waals surface area contributed by atoms with Gasteiger partial charge >= 0.3 is 5.97 Å². The van der Waals surface area contributed by atoms with E-state index in [2.05, 4.69) is 31.1 Å². The summed E-state index contributed by atoms with van der Waals surface area (Å²) >= 11 is 0. The Hall–Kier alpha value is -0.870. The summed E-state index contributed by atoms with van der Waals surface area (Å²) in [4.78, 5) is 13.0. The highest BCUT2D eigenvalue weighted by Crippen LogP contribution is 1.99. The molecule has 0 saturated heterocycles. The van der Waals surface area contributed by atoms with E-state index in [-0.39, 0.29) is 0 Å². The van der Waals surface area contributed by atoms with Crippen molar-refractivity contribution in [3.05, 3.63) is 11.6 Å². The quantitative estimate of drug-likeness (QED) is 0.477. The Balaban J connectivity index is 3.62. The van der Waals surface area contributed by atoms with Crippen molar-refractivity contribution in [2.24, 2.45) is 0 Å². The van der Waals surface area contributed by atoms with E-state index in [1.165, 1.54) is 0 Å². The van der Waals surface area contributed by atoms with Crippen LogP contribution < -0.4 is 5.32 Å². The summed E-state index contributed by atoms with van der Waals surface area (Å²) in [5.41, 5.74) is 0.483. The topological polar surface area (TPSA) is 52.6 Å². The first-order valence-corrected chi connectivity index (χ1v) is 6.32. The van der Waals surface area contributed by atoms with Crippen molar-refractivity contribution in [2.45, 2.75) is 39.7 Å². The Morgan fingerprint density at radius 3 is 2.59 bits per heavy atom. The normalized spacial score (nSPS) is 12.5. The average Bonchev–Trinajstić information content (AvgIpc) is 2.27. The van der Waals surface area contributed by atoms with Gasteiger partial charge in [-0.05, 0) is 46.8 Å². The lowest BCUT2D eigenvalue weighted by atomic mass is 10.2. The van der Waals surface area contributed by atoms with Crippen LogP contribution in [0.5, 0.6) is 0 Å². The predicted molar refractivity (Wildman–Crippen MR) is 71.3 cm³/mol. The van der Waals surface area contributed by atoms with E-state index >= 15 is 0 Å². The minimum atomic E-state index is -0.811. The van der Waals surface area contributed by atoms with Gasteiger partial charge in [-0.2, -0.15) is 0 Å². The monoisotopic (exact) mass is 242 g/mol. The lowest BCUT2D eigenvalue weighted by molar-refractivity contribution is -0.132. The molecule has 17 heavy (non-hydrogen) atoms. The van der Waals surface area contributed by atoms with Gasteiger partial charge in [0.1, 0.15) is 0 Å². The average molecular weight is 242 g/mol. The third kappa shape index (κ3) is 7.94. The molecule has 0 radical (unpaired) electrons. The fourth-order valence-electron chi connectivity index (χ4n) is 1.39. The summed E-state index contributed by atoms with van der Waals surface area (Å²) in [6, 6.07) is 0.577. The summed E-state index contributed by atoms with van der Waals surface area (Å²) in [5.74, 6) is -0.811. The summed E-state index contributed by atoms with van der Waals surface area (Å²) < 4.78 is 0. The molecule has 0 amide bonds. The Labute approximate surface area is 105 Å². The molecule has 0 spiro atoms. The van der Waals surface area contributed by atoms with Gasteiger partial charge in [0.05, 0.1) is 0 Å². The largest absolute Gasteiger partial charge is 0.478 e. The maximum Gasteiger partial charge on any atom is 0.331 e. The van der Waals surface area contributed by atoms with Crippen LogP contribution in [0.15, 0.2) is 11.6 Å². The van der Waals surface area contributed by atoms with Gasteiger partial charge in [-0.25, -0.2) is 4.79 Å². The maximum atomic E-state index is 10.7. The van der Waals surface area contributed by atoms with Crippen LogP contribution in [0.3, 0.4) is 0 Å². The zero-order valence-electron chi connectivity index (χ0n) is 11.5. The van der Waals surface area contributed by atoms with E-state index in [9.17, 15) is 4.79 Å². The molecule has 0 bridgehead atoms. The molecule has 0 aliphatic heterocycles. The first-order valence-electron chi connectivity index (χ1n) is 6.32. The molecule has 0 rings (SSSR count). The molecule has 4 heteroatoms. The van der Waals surface area contributed by atoms with Crippen molar-refractivity contribution in [3.63, 3.8) is 0 Å². The van der Waals surface area contributed by atoms with E-state index in [0.29, 0.717) is 24.6 Å². The highest BCUT2D eigenvalue weighted by atomic mass is 16.4. The highest BCUT2D eigenvalue weighted by molar-refractivity contribution is 5.86. The highest BCUT2D eigenvalue weighted by Gasteiger charge is 2.03. The number of nitrogens with zero attached hydrogens (tertiary/aromatic N) is 1. The Morgan fingerprint density at radius 1 is 1.47 bits per heavy atom. The van der Waals surface area contributed by atoms with E-state index in [1.807, 2.05) is 6.92 Å². The van der Waals surface area contributed by atoms with Gasteiger partial charge in [-0.1, -0.05) is 13.0 Å². The van der Waals surface area contributed by atoms with Gasteiger partial charge in [0.15, 0.2) is 0 Å². The molecule has 0 aliphatic rings. The van der Waals surface area contributed by atoms with Crippen LogP contribution >= 0.6 is 0 Å². The zero-order chi connectivity index (χ0) is 13.3. The number of rotatable bonds is 9. The molecule has 4 nitrogen and oxygen atoms in total. The number of hydrogen-bond acceptors (Lipinski definition) is 3. The van der Waals surface area contributed by atoms with Gasteiger partial charge in [-0.15, -0.1) is 0 Å². The summed E-state index contributed by atoms with van der Waals surface area (Å²) in [7, 11) is 2.12. The molecule has 0 aromatic carbocycles. The first kappa shape index (κ1) is 16.1. The molecule has 0 heterocycles.